The van der Waals surface area contributed by atoms with Gasteiger partial charge in [0.05, 0.1) is 5.69 Å². The number of nitrogens with two attached hydrogens (primary N) is 1. The summed E-state index contributed by atoms with van der Waals surface area (Å²) in [5.74, 6) is 0. The molecule has 0 amide bonds. The number of rotatable bonds is 3. The monoisotopic (exact) mass is 178 g/mol. The largest absolute Gasteiger partial charge is 0.323 e. The second-order valence-electron chi connectivity index (χ2n) is 3.61. The van der Waals surface area contributed by atoms with Gasteiger partial charge < -0.3 is 5.73 Å². The summed E-state index contributed by atoms with van der Waals surface area (Å²) in [7, 11) is 0. The van der Waals surface area contributed by atoms with Crippen LogP contribution in [0.3, 0.4) is 0 Å². The van der Waals surface area contributed by atoms with Crippen molar-refractivity contribution in [2.45, 2.75) is 39.7 Å². The van der Waals surface area contributed by atoms with Crippen molar-refractivity contribution in [3.63, 3.8) is 0 Å². The van der Waals surface area contributed by atoms with E-state index in [9.17, 15) is 0 Å². The normalized spacial score (nSPS) is 12.9. The molecule has 13 heavy (non-hydrogen) atoms. The first-order chi connectivity index (χ1) is 6.15. The molecule has 1 aromatic heterocycles. The smallest absolute Gasteiger partial charge is 0.0600 e. The molecule has 0 aromatic carbocycles. The maximum atomic E-state index is 5.99. The zero-order valence-electron chi connectivity index (χ0n) is 8.67. The Labute approximate surface area is 80.2 Å². The number of hydrogen-bond donors (Lipinski definition) is 1. The Kier molecular flexibility index (Phi) is 3.43. The van der Waals surface area contributed by atoms with Crippen molar-refractivity contribution in [3.05, 3.63) is 29.1 Å². The Bertz CT molecular complexity index is 281. The molecular formula is C11H18N2. The van der Waals surface area contributed by atoms with E-state index in [1.54, 1.807) is 0 Å². The van der Waals surface area contributed by atoms with Gasteiger partial charge in [0.25, 0.3) is 0 Å². The molecule has 0 saturated heterocycles. The molecule has 2 heteroatoms. The fourth-order valence-corrected chi connectivity index (χ4v) is 1.56. The third-order valence-electron chi connectivity index (χ3n) is 2.21. The second kappa shape index (κ2) is 4.38. The standard InChI is InChI=1S/C11H18N2/c1-4-5-10(12)11-9(3)6-8(2)7-13-11/h6-7,10H,4-5,12H2,1-3H3. The lowest BCUT2D eigenvalue weighted by atomic mass is 10.0. The molecule has 1 rings (SSSR count). The number of aromatic nitrogens is 1. The molecule has 1 aromatic rings. The molecule has 2 nitrogen and oxygen atoms in total. The predicted molar refractivity (Wildman–Crippen MR) is 55.5 cm³/mol. The van der Waals surface area contributed by atoms with Gasteiger partial charge in [-0.3, -0.25) is 4.98 Å². The summed E-state index contributed by atoms with van der Waals surface area (Å²) in [4.78, 5) is 4.37. The van der Waals surface area contributed by atoms with Crippen LogP contribution >= 0.6 is 0 Å². The molecule has 2 N–H and O–H groups in total. The highest BCUT2D eigenvalue weighted by Gasteiger charge is 2.08. The van der Waals surface area contributed by atoms with Gasteiger partial charge >= 0.3 is 0 Å². The average Bonchev–Trinajstić information content (AvgIpc) is 2.04. The lowest BCUT2D eigenvalue weighted by Gasteiger charge is -2.12. The third-order valence-corrected chi connectivity index (χ3v) is 2.21. The predicted octanol–water partition coefficient (Wildman–Crippen LogP) is 2.50. The van der Waals surface area contributed by atoms with Gasteiger partial charge in [-0.25, -0.2) is 0 Å². The molecule has 0 fully saturated rings. The zero-order chi connectivity index (χ0) is 9.84. The summed E-state index contributed by atoms with van der Waals surface area (Å²) in [6.45, 7) is 6.27. The van der Waals surface area contributed by atoms with Crippen LogP contribution < -0.4 is 5.73 Å². The molecule has 1 heterocycles. The Morgan fingerprint density at radius 1 is 1.46 bits per heavy atom. The minimum atomic E-state index is 0.102. The Balaban J connectivity index is 2.88. The van der Waals surface area contributed by atoms with Crippen LogP contribution in [0.25, 0.3) is 0 Å². The molecule has 0 saturated carbocycles. The topological polar surface area (TPSA) is 38.9 Å². The van der Waals surface area contributed by atoms with E-state index < -0.39 is 0 Å². The second-order valence-corrected chi connectivity index (χ2v) is 3.61. The van der Waals surface area contributed by atoms with Crippen LogP contribution in [-0.4, -0.2) is 4.98 Å². The Morgan fingerprint density at radius 2 is 2.15 bits per heavy atom. The van der Waals surface area contributed by atoms with Crippen LogP contribution in [0.5, 0.6) is 0 Å². The highest BCUT2D eigenvalue weighted by molar-refractivity contribution is 5.25. The van der Waals surface area contributed by atoms with Crippen molar-refractivity contribution in [2.24, 2.45) is 5.73 Å². The van der Waals surface area contributed by atoms with Gasteiger partial charge in [-0.05, 0) is 31.4 Å². The first kappa shape index (κ1) is 10.2. The van der Waals surface area contributed by atoms with E-state index in [4.69, 9.17) is 5.73 Å². The fraction of sp³-hybridized carbons (Fsp3) is 0.545. The fourth-order valence-electron chi connectivity index (χ4n) is 1.56. The molecule has 0 aliphatic heterocycles. The van der Waals surface area contributed by atoms with Crippen LogP contribution in [0.15, 0.2) is 12.3 Å². The van der Waals surface area contributed by atoms with Crippen molar-refractivity contribution in [3.8, 4) is 0 Å². The van der Waals surface area contributed by atoms with Gasteiger partial charge in [-0.15, -0.1) is 0 Å². The van der Waals surface area contributed by atoms with Gasteiger partial charge in [0.15, 0.2) is 0 Å². The molecule has 0 aliphatic carbocycles. The molecule has 1 unspecified atom stereocenters. The highest BCUT2D eigenvalue weighted by Crippen LogP contribution is 2.17. The van der Waals surface area contributed by atoms with Crippen LogP contribution in [0, 0.1) is 13.8 Å². The summed E-state index contributed by atoms with van der Waals surface area (Å²) >= 11 is 0. The van der Waals surface area contributed by atoms with Crippen LogP contribution in [0.4, 0.5) is 0 Å². The number of nitrogens with zero attached hydrogens (tertiary/aromatic N) is 1. The Hall–Kier alpha value is -0.890. The van der Waals surface area contributed by atoms with E-state index in [0.29, 0.717) is 0 Å². The summed E-state index contributed by atoms with van der Waals surface area (Å²) < 4.78 is 0. The number of aryl methyl sites for hydroxylation is 2. The molecular weight excluding hydrogens is 160 g/mol. The van der Waals surface area contributed by atoms with E-state index >= 15 is 0 Å². The van der Waals surface area contributed by atoms with E-state index in [1.165, 1.54) is 11.1 Å². The molecule has 72 valence electrons. The van der Waals surface area contributed by atoms with Gasteiger partial charge in [-0.1, -0.05) is 19.4 Å². The minimum absolute atomic E-state index is 0.102. The average molecular weight is 178 g/mol. The SMILES string of the molecule is CCCC(N)c1ncc(C)cc1C. The molecule has 0 aliphatic rings. The number of hydrogen-bond acceptors (Lipinski definition) is 2. The third kappa shape index (κ3) is 2.52. The highest BCUT2D eigenvalue weighted by atomic mass is 14.8. The van der Waals surface area contributed by atoms with Gasteiger partial charge in [0.2, 0.25) is 0 Å². The van der Waals surface area contributed by atoms with E-state index in [1.807, 2.05) is 6.20 Å². The summed E-state index contributed by atoms with van der Waals surface area (Å²) in [6, 6.07) is 2.24. The lowest BCUT2D eigenvalue weighted by molar-refractivity contribution is 0.617. The summed E-state index contributed by atoms with van der Waals surface area (Å²) in [6.07, 6.45) is 4.00. The first-order valence-corrected chi connectivity index (χ1v) is 4.84. The quantitative estimate of drug-likeness (QED) is 0.772. The molecule has 1 atom stereocenters. The maximum Gasteiger partial charge on any atom is 0.0600 e. The van der Waals surface area contributed by atoms with E-state index in [-0.39, 0.29) is 6.04 Å². The summed E-state index contributed by atoms with van der Waals surface area (Å²) in [5.41, 5.74) is 9.45. The van der Waals surface area contributed by atoms with Crippen LogP contribution in [0.1, 0.15) is 42.6 Å². The molecule has 0 bridgehead atoms. The van der Waals surface area contributed by atoms with E-state index in [0.717, 1.165) is 18.5 Å². The lowest BCUT2D eigenvalue weighted by Crippen LogP contribution is -2.13. The van der Waals surface area contributed by atoms with Crippen molar-refractivity contribution >= 4 is 0 Å². The van der Waals surface area contributed by atoms with Crippen molar-refractivity contribution in [1.82, 2.24) is 4.98 Å². The van der Waals surface area contributed by atoms with Crippen molar-refractivity contribution in [1.29, 1.82) is 0 Å². The minimum Gasteiger partial charge on any atom is -0.323 e. The molecule has 0 spiro atoms. The molecule has 0 radical (unpaired) electrons. The first-order valence-electron chi connectivity index (χ1n) is 4.84. The summed E-state index contributed by atoms with van der Waals surface area (Å²) in [5, 5.41) is 0. The van der Waals surface area contributed by atoms with Gasteiger partial charge in [0.1, 0.15) is 0 Å². The van der Waals surface area contributed by atoms with Crippen LogP contribution in [0.2, 0.25) is 0 Å². The van der Waals surface area contributed by atoms with Crippen LogP contribution in [-0.2, 0) is 0 Å². The van der Waals surface area contributed by atoms with Crippen molar-refractivity contribution in [2.75, 3.05) is 0 Å². The Morgan fingerprint density at radius 3 is 2.69 bits per heavy atom. The maximum absolute atomic E-state index is 5.99. The van der Waals surface area contributed by atoms with Gasteiger partial charge in [-0.2, -0.15) is 0 Å². The van der Waals surface area contributed by atoms with Crippen molar-refractivity contribution < 1.29 is 0 Å². The zero-order valence-corrected chi connectivity index (χ0v) is 8.67. The van der Waals surface area contributed by atoms with E-state index in [2.05, 4.69) is 31.8 Å². The van der Waals surface area contributed by atoms with Gasteiger partial charge in [0, 0.05) is 12.2 Å². The number of pyridine rings is 1.